The van der Waals surface area contributed by atoms with Gasteiger partial charge in [0.1, 0.15) is 0 Å². The van der Waals surface area contributed by atoms with Crippen molar-refractivity contribution >= 4 is 28.0 Å². The van der Waals surface area contributed by atoms with Crippen LogP contribution in [-0.4, -0.2) is 3.21 Å². The van der Waals surface area contributed by atoms with Crippen LogP contribution >= 0.6 is 24.8 Å². The van der Waals surface area contributed by atoms with Crippen LogP contribution in [0.5, 0.6) is 0 Å². The molecule has 2 aromatic carbocycles. The smallest absolute Gasteiger partial charge is 0.0373 e. The molecule has 0 aromatic heterocycles. The van der Waals surface area contributed by atoms with Crippen molar-refractivity contribution in [2.24, 2.45) is 23.2 Å². The maximum atomic E-state index is 3.62. The van der Waals surface area contributed by atoms with Crippen molar-refractivity contribution in [3.8, 4) is 11.1 Å². The zero-order chi connectivity index (χ0) is 28.9. The average molecular weight is 683 g/mol. The van der Waals surface area contributed by atoms with E-state index in [4.69, 9.17) is 0 Å². The number of rotatable bonds is 1. The molecule has 3 heteroatoms. The monoisotopic (exact) mass is 680 g/mol. The summed E-state index contributed by atoms with van der Waals surface area (Å²) >= 11 is 1.55. The van der Waals surface area contributed by atoms with Gasteiger partial charge in [-0.05, 0) is 79.1 Å². The Hall–Kier alpha value is -0.747. The third-order valence-corrected chi connectivity index (χ3v) is 9.83. The number of allylic oxidation sites excluding steroid dienone is 4. The van der Waals surface area contributed by atoms with E-state index < -0.39 is 0 Å². The fourth-order valence-electron chi connectivity index (χ4n) is 8.19. The normalized spacial score (nSPS) is 26.0. The number of halogens is 2. The Kier molecular flexibility index (Phi) is 11.7. The van der Waals surface area contributed by atoms with Gasteiger partial charge in [-0.2, -0.15) is 35.4 Å². The summed E-state index contributed by atoms with van der Waals surface area (Å²) in [7, 11) is 0. The molecule has 226 valence electrons. The molecule has 0 nitrogen and oxygen atoms in total. The SMILES string of the molecule is CC(C)(C)c1c[c-]c2c(c1)-c1cc(C(C)(C)C)ccc1C2.C[C](C)=[Zr+2].Cl.Cl.[C-]1=C(C23CC4CC(CC(C4)C2)C3)C=CC1. The first-order valence-electron chi connectivity index (χ1n) is 15.7. The molecule has 0 amide bonds. The Morgan fingerprint density at radius 3 is 1.81 bits per heavy atom. The van der Waals surface area contributed by atoms with Crippen LogP contribution in [0.3, 0.4) is 0 Å². The van der Waals surface area contributed by atoms with Gasteiger partial charge in [0.05, 0.1) is 0 Å². The van der Waals surface area contributed by atoms with Gasteiger partial charge in [-0.1, -0.05) is 76.3 Å². The molecule has 8 rings (SSSR count). The van der Waals surface area contributed by atoms with Gasteiger partial charge in [0.15, 0.2) is 0 Å². The Labute approximate surface area is 284 Å². The second kappa shape index (κ2) is 13.7. The topological polar surface area (TPSA) is 0 Å². The Morgan fingerprint density at radius 1 is 0.810 bits per heavy atom. The van der Waals surface area contributed by atoms with Gasteiger partial charge in [0.2, 0.25) is 0 Å². The molecule has 4 fully saturated rings. The Morgan fingerprint density at radius 2 is 1.33 bits per heavy atom. The minimum atomic E-state index is 0. The first-order chi connectivity index (χ1) is 18.7. The van der Waals surface area contributed by atoms with E-state index in [1.54, 1.807) is 49.1 Å². The summed E-state index contributed by atoms with van der Waals surface area (Å²) in [5.41, 5.74) is 11.0. The van der Waals surface area contributed by atoms with E-state index >= 15 is 0 Å². The van der Waals surface area contributed by atoms with Crippen LogP contribution in [-0.2, 0) is 41.5 Å². The molecule has 6 aliphatic carbocycles. The molecule has 0 saturated heterocycles. The molecule has 0 aliphatic heterocycles. The van der Waals surface area contributed by atoms with Crippen LogP contribution in [0, 0.1) is 35.3 Å². The molecular formula is C39H52Cl2Zr. The summed E-state index contributed by atoms with van der Waals surface area (Å²) in [4.78, 5) is 0. The first-order valence-corrected chi connectivity index (χ1v) is 16.9. The molecule has 0 atom stereocenters. The van der Waals surface area contributed by atoms with E-state index in [0.29, 0.717) is 5.41 Å². The average Bonchev–Trinajstić information content (AvgIpc) is 3.50. The second-order valence-electron chi connectivity index (χ2n) is 15.7. The van der Waals surface area contributed by atoms with Gasteiger partial charge < -0.3 is 0 Å². The van der Waals surface area contributed by atoms with Crippen molar-refractivity contribution in [3.63, 3.8) is 0 Å². The Balaban J connectivity index is 0.000000202. The third-order valence-electron chi connectivity index (χ3n) is 9.83. The van der Waals surface area contributed by atoms with Crippen molar-refractivity contribution in [1.82, 2.24) is 0 Å². The quantitative estimate of drug-likeness (QED) is 0.224. The summed E-state index contributed by atoms with van der Waals surface area (Å²) in [5.74, 6) is 3.21. The van der Waals surface area contributed by atoms with E-state index in [-0.39, 0.29) is 35.6 Å². The van der Waals surface area contributed by atoms with Crippen molar-refractivity contribution in [2.45, 2.75) is 118 Å². The van der Waals surface area contributed by atoms with Crippen molar-refractivity contribution in [2.75, 3.05) is 0 Å². The molecule has 6 aliphatic rings. The first kappa shape index (κ1) is 35.7. The molecular weight excluding hydrogens is 631 g/mol. The van der Waals surface area contributed by atoms with Crippen LogP contribution in [0.25, 0.3) is 11.1 Å². The fourth-order valence-corrected chi connectivity index (χ4v) is 8.19. The molecule has 4 bridgehead atoms. The van der Waals surface area contributed by atoms with E-state index in [2.05, 4.69) is 110 Å². The molecule has 4 saturated carbocycles. The summed E-state index contributed by atoms with van der Waals surface area (Å²) in [5, 5.41) is 0. The van der Waals surface area contributed by atoms with Gasteiger partial charge in [-0.15, -0.1) is 36.8 Å². The maximum absolute atomic E-state index is 3.62. The van der Waals surface area contributed by atoms with Crippen LogP contribution < -0.4 is 0 Å². The molecule has 0 spiro atoms. The van der Waals surface area contributed by atoms with Gasteiger partial charge in [-0.3, -0.25) is 6.08 Å². The van der Waals surface area contributed by atoms with E-state index in [1.807, 2.05) is 0 Å². The van der Waals surface area contributed by atoms with Crippen LogP contribution in [0.4, 0.5) is 0 Å². The number of benzene rings is 2. The molecule has 0 unspecified atom stereocenters. The van der Waals surface area contributed by atoms with E-state index in [9.17, 15) is 0 Å². The van der Waals surface area contributed by atoms with Crippen LogP contribution in [0.1, 0.15) is 123 Å². The van der Waals surface area contributed by atoms with Gasteiger partial charge in [0.25, 0.3) is 0 Å². The van der Waals surface area contributed by atoms with Crippen molar-refractivity contribution in [1.29, 1.82) is 0 Å². The molecule has 42 heavy (non-hydrogen) atoms. The third kappa shape index (κ3) is 7.90. The van der Waals surface area contributed by atoms with Crippen LogP contribution in [0.15, 0.2) is 48.1 Å². The molecule has 0 radical (unpaired) electrons. The largest absolute Gasteiger partial charge is 0.269 e. The number of fused-ring (bicyclic) bond motifs is 3. The number of hydrogen-bond donors (Lipinski definition) is 0. The Bertz CT molecular complexity index is 1230. The predicted octanol–water partition coefficient (Wildman–Crippen LogP) is 11.1. The number of hydrogen-bond acceptors (Lipinski definition) is 0. The summed E-state index contributed by atoms with van der Waals surface area (Å²) < 4.78 is 1.51. The predicted molar refractivity (Wildman–Crippen MR) is 183 cm³/mol. The fraction of sp³-hybridized carbons (Fsp3) is 0.564. The molecule has 2 aromatic rings. The zero-order valence-corrected chi connectivity index (χ0v) is 31.3. The zero-order valence-electron chi connectivity index (χ0n) is 27.2. The van der Waals surface area contributed by atoms with Crippen molar-refractivity contribution < 1.29 is 24.2 Å². The van der Waals surface area contributed by atoms with E-state index in [1.165, 1.54) is 55.8 Å². The molecule has 0 heterocycles. The maximum Gasteiger partial charge on any atom is -0.0373 e. The van der Waals surface area contributed by atoms with Gasteiger partial charge in [0, 0.05) is 0 Å². The second-order valence-corrected chi connectivity index (χ2v) is 18.2. The standard InChI is InChI=1S/C21H25.C15H19.C3H6.2ClH.Zr/c1-20(2,3)16-9-7-14-11-15-8-10-17(21(4,5)6)13-19(15)18(14)12-16;1-2-4-14(3-1)15-8-11-5-12(9-15)7-13(6-11)10-15;1-3-2;;;/h7,9-10,12-13H,11H2,1-6H3;1,3,11-13H,2,5-10H2;1-2H3;2*1H;/q2*-1;;;;+2. The molecule has 0 N–H and O–H groups in total. The van der Waals surface area contributed by atoms with E-state index in [0.717, 1.165) is 30.6 Å². The summed E-state index contributed by atoms with van der Waals surface area (Å²) in [6, 6.07) is 15.1. The summed E-state index contributed by atoms with van der Waals surface area (Å²) in [6.45, 7) is 17.9. The minimum absolute atomic E-state index is 0. The van der Waals surface area contributed by atoms with Crippen LogP contribution in [0.2, 0.25) is 0 Å². The van der Waals surface area contributed by atoms with Gasteiger partial charge >= 0.3 is 41.3 Å². The van der Waals surface area contributed by atoms with Crippen molar-refractivity contribution in [3.05, 3.63) is 82.5 Å². The minimum Gasteiger partial charge on any atom is -0.269 e. The summed E-state index contributed by atoms with van der Waals surface area (Å²) in [6.07, 6.45) is 19.5. The van der Waals surface area contributed by atoms with Gasteiger partial charge in [-0.25, -0.2) is 11.6 Å².